The van der Waals surface area contributed by atoms with Gasteiger partial charge in [0.2, 0.25) is 0 Å². The van der Waals surface area contributed by atoms with Crippen molar-refractivity contribution in [3.05, 3.63) is 94.2 Å². The molecule has 1 aromatic heterocycles. The van der Waals surface area contributed by atoms with E-state index in [-0.39, 0.29) is 23.1 Å². The molecule has 4 rings (SSSR count). The van der Waals surface area contributed by atoms with Crippen LogP contribution in [0.25, 0.3) is 5.76 Å². The molecule has 1 fully saturated rings. The molecular formula is C26H25N3O3. The second kappa shape index (κ2) is 8.38. The molecule has 1 amide bonds. The lowest BCUT2D eigenvalue weighted by Crippen LogP contribution is -2.30. The molecule has 1 aliphatic heterocycles. The third-order valence-electron chi connectivity index (χ3n) is 5.69. The van der Waals surface area contributed by atoms with Gasteiger partial charge in [0, 0.05) is 5.56 Å². The van der Waals surface area contributed by atoms with E-state index in [2.05, 4.69) is 24.0 Å². The smallest absolute Gasteiger partial charge is 0.301 e. The van der Waals surface area contributed by atoms with Gasteiger partial charge in [-0.1, -0.05) is 67.9 Å². The number of carbonyl (C=O) groups excluding carboxylic acids is 2. The average Bonchev–Trinajstić information content (AvgIpc) is 3.05. The minimum Gasteiger partial charge on any atom is -0.507 e. The summed E-state index contributed by atoms with van der Waals surface area (Å²) >= 11 is 0. The van der Waals surface area contributed by atoms with Crippen LogP contribution in [0.2, 0.25) is 0 Å². The predicted molar refractivity (Wildman–Crippen MR) is 123 cm³/mol. The molecule has 0 radical (unpaired) electrons. The lowest BCUT2D eigenvalue weighted by Gasteiger charge is -2.25. The number of aliphatic hydroxyl groups excluding tert-OH is 1. The fraction of sp³-hybridized carbons (Fsp3) is 0.231. The maximum absolute atomic E-state index is 13.2. The van der Waals surface area contributed by atoms with Gasteiger partial charge in [0.15, 0.2) is 5.82 Å². The van der Waals surface area contributed by atoms with Crippen LogP contribution in [-0.4, -0.2) is 27.0 Å². The SMILES string of the molecule is Cc1ccc(/C(O)=C2/C(=O)C(=O)N(c3ccc(C)nn3)C2c2cccc(C(C)C)c2)cc1. The fourth-order valence-electron chi connectivity index (χ4n) is 3.86. The summed E-state index contributed by atoms with van der Waals surface area (Å²) in [6, 6.07) is 17.5. The summed E-state index contributed by atoms with van der Waals surface area (Å²) in [6.45, 7) is 7.89. The van der Waals surface area contributed by atoms with Gasteiger partial charge < -0.3 is 5.11 Å². The van der Waals surface area contributed by atoms with Crippen molar-refractivity contribution in [1.82, 2.24) is 10.2 Å². The van der Waals surface area contributed by atoms with Crippen molar-refractivity contribution in [2.24, 2.45) is 0 Å². The number of nitrogens with zero attached hydrogens (tertiary/aromatic N) is 3. The van der Waals surface area contributed by atoms with E-state index in [1.54, 1.807) is 31.2 Å². The summed E-state index contributed by atoms with van der Waals surface area (Å²) in [5, 5.41) is 19.4. The number of hydrogen-bond acceptors (Lipinski definition) is 5. The first kappa shape index (κ1) is 21.4. The van der Waals surface area contributed by atoms with Crippen LogP contribution in [0.5, 0.6) is 0 Å². The number of aryl methyl sites for hydroxylation is 2. The van der Waals surface area contributed by atoms with Crippen LogP contribution < -0.4 is 4.90 Å². The van der Waals surface area contributed by atoms with Crippen molar-refractivity contribution in [1.29, 1.82) is 0 Å². The normalized spacial score (nSPS) is 17.9. The van der Waals surface area contributed by atoms with E-state index in [0.717, 1.165) is 16.7 Å². The minimum absolute atomic E-state index is 0.0436. The number of carbonyl (C=O) groups is 2. The number of Topliss-reactive ketones (excluding diaryl/α,β-unsaturated/α-hetero) is 1. The first-order valence-electron chi connectivity index (χ1n) is 10.6. The summed E-state index contributed by atoms with van der Waals surface area (Å²) < 4.78 is 0. The molecule has 1 atom stereocenters. The summed E-state index contributed by atoms with van der Waals surface area (Å²) in [4.78, 5) is 27.7. The van der Waals surface area contributed by atoms with Gasteiger partial charge in [-0.3, -0.25) is 14.5 Å². The molecule has 3 aromatic rings. The van der Waals surface area contributed by atoms with E-state index >= 15 is 0 Å². The van der Waals surface area contributed by atoms with Gasteiger partial charge in [0.25, 0.3) is 5.78 Å². The second-order valence-electron chi connectivity index (χ2n) is 8.39. The van der Waals surface area contributed by atoms with E-state index in [0.29, 0.717) is 11.3 Å². The number of aromatic nitrogens is 2. The summed E-state index contributed by atoms with van der Waals surface area (Å²) in [7, 11) is 0. The second-order valence-corrected chi connectivity index (χ2v) is 8.39. The maximum Gasteiger partial charge on any atom is 0.301 e. The Morgan fingerprint density at radius 3 is 2.31 bits per heavy atom. The van der Waals surface area contributed by atoms with Crippen molar-refractivity contribution in [3.63, 3.8) is 0 Å². The van der Waals surface area contributed by atoms with Crippen molar-refractivity contribution < 1.29 is 14.7 Å². The monoisotopic (exact) mass is 427 g/mol. The molecule has 6 nitrogen and oxygen atoms in total. The molecule has 0 bridgehead atoms. The van der Waals surface area contributed by atoms with Crippen molar-refractivity contribution >= 4 is 23.3 Å². The summed E-state index contributed by atoms with van der Waals surface area (Å²) in [5.74, 6) is -1.16. The standard InChI is InChI=1S/C26H25N3O3/c1-15(2)19-6-5-7-20(14-19)23-22(24(30)18-11-8-16(3)9-12-18)25(31)26(32)29(23)21-13-10-17(4)27-28-21/h5-15,23,30H,1-4H3/b24-22-. The average molecular weight is 428 g/mol. The third-order valence-corrected chi connectivity index (χ3v) is 5.69. The van der Waals surface area contributed by atoms with Gasteiger partial charge in [-0.2, -0.15) is 5.10 Å². The van der Waals surface area contributed by atoms with Crippen LogP contribution in [-0.2, 0) is 9.59 Å². The first-order chi connectivity index (χ1) is 15.3. The van der Waals surface area contributed by atoms with Crippen molar-refractivity contribution in [2.75, 3.05) is 4.90 Å². The highest BCUT2D eigenvalue weighted by molar-refractivity contribution is 6.51. The third kappa shape index (κ3) is 3.80. The van der Waals surface area contributed by atoms with Crippen LogP contribution in [0.3, 0.4) is 0 Å². The van der Waals surface area contributed by atoms with Crippen LogP contribution in [0.1, 0.15) is 53.8 Å². The molecule has 6 heteroatoms. The van der Waals surface area contributed by atoms with E-state index in [1.165, 1.54) is 4.90 Å². The Morgan fingerprint density at radius 2 is 1.69 bits per heavy atom. The Labute approximate surface area is 187 Å². The molecule has 1 aliphatic rings. The molecule has 32 heavy (non-hydrogen) atoms. The Kier molecular flexibility index (Phi) is 5.61. The Bertz CT molecular complexity index is 1210. The van der Waals surface area contributed by atoms with Gasteiger partial charge >= 0.3 is 5.91 Å². The number of hydrogen-bond donors (Lipinski definition) is 1. The number of rotatable bonds is 4. The number of amides is 1. The largest absolute Gasteiger partial charge is 0.507 e. The quantitative estimate of drug-likeness (QED) is 0.366. The van der Waals surface area contributed by atoms with Crippen LogP contribution in [0.15, 0.2) is 66.2 Å². The number of ketones is 1. The highest BCUT2D eigenvalue weighted by Gasteiger charge is 2.47. The molecule has 2 aromatic carbocycles. The maximum atomic E-state index is 13.2. The zero-order chi connectivity index (χ0) is 23.0. The molecule has 162 valence electrons. The first-order valence-corrected chi connectivity index (χ1v) is 10.6. The summed E-state index contributed by atoms with van der Waals surface area (Å²) in [5.41, 5.74) is 4.04. The van der Waals surface area contributed by atoms with Crippen LogP contribution in [0.4, 0.5) is 5.82 Å². The van der Waals surface area contributed by atoms with E-state index < -0.39 is 17.7 Å². The van der Waals surface area contributed by atoms with E-state index in [4.69, 9.17) is 0 Å². The molecule has 1 N–H and O–H groups in total. The molecule has 1 saturated heterocycles. The molecule has 0 aliphatic carbocycles. The Morgan fingerprint density at radius 1 is 0.969 bits per heavy atom. The zero-order valence-corrected chi connectivity index (χ0v) is 18.5. The minimum atomic E-state index is -0.813. The van der Waals surface area contributed by atoms with Gasteiger partial charge in [-0.25, -0.2) is 0 Å². The molecule has 2 heterocycles. The highest BCUT2D eigenvalue weighted by atomic mass is 16.3. The van der Waals surface area contributed by atoms with Gasteiger partial charge in [-0.15, -0.1) is 5.10 Å². The number of benzene rings is 2. The Balaban J connectivity index is 1.95. The molecule has 0 spiro atoms. The van der Waals surface area contributed by atoms with Gasteiger partial charge in [0.05, 0.1) is 17.3 Å². The van der Waals surface area contributed by atoms with E-state index in [9.17, 15) is 14.7 Å². The highest BCUT2D eigenvalue weighted by Crippen LogP contribution is 2.42. The molecular weight excluding hydrogens is 402 g/mol. The van der Waals surface area contributed by atoms with Crippen molar-refractivity contribution in [2.45, 2.75) is 39.7 Å². The van der Waals surface area contributed by atoms with Crippen molar-refractivity contribution in [3.8, 4) is 0 Å². The number of anilines is 1. The Hall–Kier alpha value is -3.80. The number of aliphatic hydroxyl groups is 1. The lowest BCUT2D eigenvalue weighted by molar-refractivity contribution is -0.132. The van der Waals surface area contributed by atoms with Gasteiger partial charge in [0.1, 0.15) is 5.76 Å². The van der Waals surface area contributed by atoms with E-state index in [1.807, 2.05) is 43.3 Å². The zero-order valence-electron chi connectivity index (χ0n) is 18.5. The summed E-state index contributed by atoms with van der Waals surface area (Å²) in [6.07, 6.45) is 0. The predicted octanol–water partition coefficient (Wildman–Crippen LogP) is 4.84. The molecule has 0 saturated carbocycles. The van der Waals surface area contributed by atoms with Crippen LogP contribution >= 0.6 is 0 Å². The van der Waals surface area contributed by atoms with Crippen LogP contribution in [0, 0.1) is 13.8 Å². The lowest BCUT2D eigenvalue weighted by atomic mass is 9.92. The fourth-order valence-corrected chi connectivity index (χ4v) is 3.86. The molecule has 1 unspecified atom stereocenters. The topological polar surface area (TPSA) is 83.4 Å². The van der Waals surface area contributed by atoms with Gasteiger partial charge in [-0.05, 0) is 43.0 Å².